The molecule has 1 fully saturated rings. The number of alkyl carbamates (subject to hydrolysis) is 1. The number of rotatable bonds is 36. The number of methoxy groups -OCH3 is 3. The van der Waals surface area contributed by atoms with E-state index in [2.05, 4.69) is 37.2 Å². The number of ether oxygens (including phenoxy) is 5. The van der Waals surface area contributed by atoms with Gasteiger partial charge in [0.1, 0.15) is 36.4 Å². The molecule has 4 rings (SSSR count). The van der Waals surface area contributed by atoms with E-state index in [1.54, 1.807) is 101 Å². The summed E-state index contributed by atoms with van der Waals surface area (Å²) >= 11 is 0. The molecular formula is C71H109N11O15. The van der Waals surface area contributed by atoms with Gasteiger partial charge < -0.3 is 71.1 Å². The number of carbonyl (C=O) groups excluding carboxylic acids is 10. The fraction of sp³-hybridized carbons (Fsp3) is 0.606. The van der Waals surface area contributed by atoms with E-state index >= 15 is 0 Å². The summed E-state index contributed by atoms with van der Waals surface area (Å²) in [4.78, 5) is 140. The Labute approximate surface area is 573 Å². The van der Waals surface area contributed by atoms with Crippen molar-refractivity contribution in [1.82, 2.24) is 41.3 Å². The summed E-state index contributed by atoms with van der Waals surface area (Å²) in [5, 5.41) is 19.3. The highest BCUT2D eigenvalue weighted by Gasteiger charge is 2.44. The lowest BCUT2D eigenvalue weighted by Gasteiger charge is -2.41. The number of nitrogens with one attached hydrogen (secondary N) is 7. The third-order valence-corrected chi connectivity index (χ3v) is 17.4. The van der Waals surface area contributed by atoms with Crippen LogP contribution in [0.5, 0.6) is 0 Å². The SMILES string of the molecule is CCC(C)C(C(CC(=O)N1CCCC1C(OC)C(C)C(=O)NC(Cc1ccccc1)C(=O)OC)OC)N(C)C(=O)C(NC(=O)C(C(C)C)N(C)Cc1cccc(NC(=O)OCc2ccc(NC(=O)C(CCCNC(N)=O)NC(=O)C(NC(=O)OC(C)(C)C)C(C)C)cc2)c1)C(C)C. The summed E-state index contributed by atoms with van der Waals surface area (Å²) in [5.41, 5.74) is 7.44. The quantitative estimate of drug-likeness (QED) is 0.0161. The lowest BCUT2D eigenvalue weighted by molar-refractivity contribution is -0.149. The molecule has 9 N–H and O–H groups in total. The summed E-state index contributed by atoms with van der Waals surface area (Å²) in [5.74, 6) is -4.94. The Morgan fingerprint density at radius 1 is 0.670 bits per heavy atom. The molecule has 0 aliphatic carbocycles. The van der Waals surface area contributed by atoms with Gasteiger partial charge in [-0.25, -0.2) is 19.2 Å². The zero-order valence-electron chi connectivity index (χ0n) is 59.9. The van der Waals surface area contributed by atoms with Gasteiger partial charge in [-0.1, -0.05) is 123 Å². The van der Waals surface area contributed by atoms with Gasteiger partial charge in [0.05, 0.1) is 49.8 Å². The second-order valence-corrected chi connectivity index (χ2v) is 27.1. The van der Waals surface area contributed by atoms with Crippen LogP contribution in [0.15, 0.2) is 78.9 Å². The predicted molar refractivity (Wildman–Crippen MR) is 369 cm³/mol. The molecule has 26 heteroatoms. The van der Waals surface area contributed by atoms with Crippen LogP contribution < -0.4 is 43.0 Å². The molecule has 0 saturated carbocycles. The number of primary amides is 1. The van der Waals surface area contributed by atoms with Crippen molar-refractivity contribution in [2.45, 2.75) is 201 Å². The van der Waals surface area contributed by atoms with E-state index < -0.39 is 108 Å². The first-order chi connectivity index (χ1) is 45.7. The van der Waals surface area contributed by atoms with Crippen LogP contribution in [0.1, 0.15) is 138 Å². The van der Waals surface area contributed by atoms with Crippen LogP contribution in [0, 0.1) is 29.6 Å². The molecule has 1 saturated heterocycles. The summed E-state index contributed by atoms with van der Waals surface area (Å²) < 4.78 is 28.1. The number of benzene rings is 3. The Kier molecular flexibility index (Phi) is 32.7. The minimum atomic E-state index is -1.08. The molecule has 11 unspecified atom stereocenters. The van der Waals surface area contributed by atoms with E-state index in [0.717, 1.165) is 11.1 Å². The molecule has 3 aromatic carbocycles. The number of likely N-dealkylation sites (tertiary alicyclic amines) is 1. The first-order valence-corrected chi connectivity index (χ1v) is 33.5. The summed E-state index contributed by atoms with van der Waals surface area (Å²) in [6.45, 7) is 22.6. The standard InChI is InChI=1S/C71H109N11O15/c1-18-45(8)60(55(93-15)39-56(83)82-36-24-30-54(82)61(94-16)46(9)62(84)77-53(67(89)95-17)38-47-25-20-19-21-26-47)81(14)66(88)58(43(4)5)78-65(87)59(44(6)7)80(13)40-49-27-22-28-51(37-49)75-69(91)96-41-48-31-33-50(34-32-48)74-63(85)52(29-23-35-73-68(72)90)76-64(86)57(42(2)3)79-70(92)97-71(10,11)12/h19-22,25-28,31-34,37,42-46,52-55,57-61H,18,23-24,29-30,35-36,38-41H2,1-17H3,(H,74,85)(H,75,91)(H,76,86)(H,77,84)(H,78,87)(H,79,92)(H3,72,73,90). The Balaban J connectivity index is 1.39. The Morgan fingerprint density at radius 3 is 1.89 bits per heavy atom. The third kappa shape index (κ3) is 25.5. The van der Waals surface area contributed by atoms with Gasteiger partial charge in [0.25, 0.3) is 0 Å². The minimum Gasteiger partial charge on any atom is -0.467 e. The van der Waals surface area contributed by atoms with Gasteiger partial charge in [-0.3, -0.25) is 39.0 Å². The van der Waals surface area contributed by atoms with Crippen molar-refractivity contribution in [3.05, 3.63) is 95.6 Å². The lowest BCUT2D eigenvalue weighted by Crippen LogP contribution is -2.60. The number of esters is 1. The summed E-state index contributed by atoms with van der Waals surface area (Å²) in [7, 11) is 7.79. The fourth-order valence-corrected chi connectivity index (χ4v) is 12.1. The highest BCUT2D eigenvalue weighted by molar-refractivity contribution is 5.98. The van der Waals surface area contributed by atoms with E-state index in [1.165, 1.54) is 21.3 Å². The number of amides is 10. The second kappa shape index (κ2) is 39.1. The van der Waals surface area contributed by atoms with Gasteiger partial charge >= 0.3 is 24.2 Å². The molecule has 0 bridgehead atoms. The highest BCUT2D eigenvalue weighted by Crippen LogP contribution is 2.31. The molecule has 26 nitrogen and oxygen atoms in total. The van der Waals surface area contributed by atoms with E-state index in [9.17, 15) is 47.9 Å². The number of nitrogens with two attached hydrogens (primary N) is 1. The number of likely N-dealkylation sites (N-methyl/N-ethyl adjacent to an activating group) is 2. The predicted octanol–water partition coefficient (Wildman–Crippen LogP) is 7.27. The third-order valence-electron chi connectivity index (χ3n) is 17.4. The molecule has 0 radical (unpaired) electrons. The molecule has 1 aliphatic heterocycles. The van der Waals surface area contributed by atoms with Crippen LogP contribution in [0.4, 0.5) is 25.8 Å². The summed E-state index contributed by atoms with van der Waals surface area (Å²) in [6.07, 6.45) is -0.564. The average Bonchev–Trinajstić information content (AvgIpc) is 1.79. The monoisotopic (exact) mass is 1360 g/mol. The molecule has 3 aromatic rings. The van der Waals surface area contributed by atoms with Crippen molar-refractivity contribution in [3.8, 4) is 0 Å². The van der Waals surface area contributed by atoms with Gasteiger partial charge in [-0.05, 0) is 118 Å². The summed E-state index contributed by atoms with van der Waals surface area (Å²) in [6, 6.07) is 16.4. The number of hydrogen-bond donors (Lipinski definition) is 8. The van der Waals surface area contributed by atoms with Gasteiger partial charge in [-0.2, -0.15) is 0 Å². The number of nitrogens with zero attached hydrogens (tertiary/aromatic N) is 3. The van der Waals surface area contributed by atoms with E-state index in [1.807, 2.05) is 89.9 Å². The van der Waals surface area contributed by atoms with Crippen LogP contribution in [0.3, 0.4) is 0 Å². The molecular weight excluding hydrogens is 1250 g/mol. The molecule has 538 valence electrons. The van der Waals surface area contributed by atoms with Gasteiger partial charge in [0.2, 0.25) is 35.4 Å². The Morgan fingerprint density at radius 2 is 1.31 bits per heavy atom. The maximum atomic E-state index is 14.9. The molecule has 11 atom stereocenters. The zero-order valence-corrected chi connectivity index (χ0v) is 59.9. The van der Waals surface area contributed by atoms with Gasteiger partial charge in [0.15, 0.2) is 0 Å². The van der Waals surface area contributed by atoms with Gasteiger partial charge in [-0.15, -0.1) is 0 Å². The highest BCUT2D eigenvalue weighted by atomic mass is 16.6. The Hall–Kier alpha value is -8.36. The molecule has 0 aromatic heterocycles. The molecule has 1 aliphatic rings. The van der Waals surface area contributed by atoms with Crippen LogP contribution >= 0.6 is 0 Å². The smallest absolute Gasteiger partial charge is 0.411 e. The lowest BCUT2D eigenvalue weighted by atomic mass is 9.89. The topological polar surface area (TPSA) is 337 Å². The molecule has 0 spiro atoms. The maximum Gasteiger partial charge on any atom is 0.411 e. The second-order valence-electron chi connectivity index (χ2n) is 27.1. The Bertz CT molecular complexity index is 3070. The van der Waals surface area contributed by atoms with E-state index in [-0.39, 0.29) is 86.8 Å². The van der Waals surface area contributed by atoms with Crippen LogP contribution in [-0.2, 0) is 76.8 Å². The zero-order chi connectivity index (χ0) is 72.4. The largest absolute Gasteiger partial charge is 0.467 e. The maximum absolute atomic E-state index is 14.9. The minimum absolute atomic E-state index is 0.0785. The van der Waals surface area contributed by atoms with Crippen LogP contribution in [0.2, 0.25) is 0 Å². The van der Waals surface area contributed by atoms with Crippen LogP contribution in [0.25, 0.3) is 0 Å². The normalized spacial score (nSPS) is 16.3. The van der Waals surface area contributed by atoms with E-state index in [0.29, 0.717) is 42.7 Å². The van der Waals surface area contributed by atoms with E-state index in [4.69, 9.17) is 29.4 Å². The molecule has 97 heavy (non-hydrogen) atoms. The first-order valence-electron chi connectivity index (χ1n) is 33.5. The van der Waals surface area contributed by atoms with Crippen molar-refractivity contribution in [3.63, 3.8) is 0 Å². The first kappa shape index (κ1) is 81.1. The number of carbonyl (C=O) groups is 10. The van der Waals surface area contributed by atoms with Crippen molar-refractivity contribution < 1.29 is 71.6 Å². The number of urea groups is 1. The number of anilines is 2. The van der Waals surface area contributed by atoms with Crippen molar-refractivity contribution in [2.75, 3.05) is 59.1 Å². The molecule has 10 amide bonds. The van der Waals surface area contributed by atoms with Crippen molar-refractivity contribution >= 4 is 71.0 Å². The van der Waals surface area contributed by atoms with Crippen molar-refractivity contribution in [1.29, 1.82) is 0 Å². The average molecular weight is 1360 g/mol. The van der Waals surface area contributed by atoms with Crippen molar-refractivity contribution in [2.24, 2.45) is 35.3 Å². The van der Waals surface area contributed by atoms with Crippen LogP contribution in [-0.4, -0.2) is 183 Å². The number of hydrogen-bond acceptors (Lipinski definition) is 16. The molecule has 1 heterocycles. The fourth-order valence-electron chi connectivity index (χ4n) is 12.1. The van der Waals surface area contributed by atoms with Gasteiger partial charge in [0, 0.05) is 58.7 Å².